The average molecular weight is 312 g/mol. The molecule has 0 aromatic carbocycles. The Morgan fingerprint density at radius 3 is 2.82 bits per heavy atom. The maximum atomic E-state index is 11.5. The van der Waals surface area contributed by atoms with Crippen molar-refractivity contribution >= 4 is 11.9 Å². The summed E-state index contributed by atoms with van der Waals surface area (Å²) in [5, 5.41) is 6.55. The number of aliphatic imine (C=N–C) groups is 1. The van der Waals surface area contributed by atoms with Crippen LogP contribution in [0.25, 0.3) is 0 Å². The van der Waals surface area contributed by atoms with Crippen molar-refractivity contribution < 1.29 is 9.53 Å². The zero-order chi connectivity index (χ0) is 16.2. The van der Waals surface area contributed by atoms with Crippen LogP contribution in [0.15, 0.2) is 4.99 Å². The molecule has 1 saturated heterocycles. The average Bonchev–Trinajstić information content (AvgIpc) is 2.88. The third-order valence-electron chi connectivity index (χ3n) is 3.44. The fourth-order valence-corrected chi connectivity index (χ4v) is 2.33. The van der Waals surface area contributed by atoms with Crippen LogP contribution in [0, 0.1) is 0 Å². The molecule has 22 heavy (non-hydrogen) atoms. The van der Waals surface area contributed by atoms with Gasteiger partial charge >= 0.3 is 0 Å². The van der Waals surface area contributed by atoms with Crippen molar-refractivity contribution in [2.75, 3.05) is 39.3 Å². The van der Waals surface area contributed by atoms with Gasteiger partial charge in [0.2, 0.25) is 5.91 Å². The van der Waals surface area contributed by atoms with Gasteiger partial charge in [0, 0.05) is 45.8 Å². The first-order valence-electron chi connectivity index (χ1n) is 8.55. The van der Waals surface area contributed by atoms with Gasteiger partial charge in [-0.25, -0.2) is 0 Å². The van der Waals surface area contributed by atoms with E-state index in [1.165, 1.54) is 0 Å². The fourth-order valence-electron chi connectivity index (χ4n) is 2.33. The molecule has 1 rings (SSSR count). The zero-order valence-corrected chi connectivity index (χ0v) is 14.4. The number of carbonyl (C=O) groups excluding carboxylic acids is 1. The molecular weight excluding hydrogens is 280 g/mol. The van der Waals surface area contributed by atoms with Crippen molar-refractivity contribution in [2.24, 2.45) is 4.99 Å². The van der Waals surface area contributed by atoms with E-state index in [-0.39, 0.29) is 6.10 Å². The van der Waals surface area contributed by atoms with Crippen LogP contribution in [0.2, 0.25) is 0 Å². The Balaban J connectivity index is 2.16. The number of nitrogens with one attached hydrogen (secondary N) is 2. The normalized spacial score (nSPS) is 15.7. The largest absolute Gasteiger partial charge is 0.379 e. The van der Waals surface area contributed by atoms with Crippen molar-refractivity contribution in [1.82, 2.24) is 15.5 Å². The number of rotatable bonds is 10. The van der Waals surface area contributed by atoms with E-state index in [9.17, 15) is 4.79 Å². The topological polar surface area (TPSA) is 66.0 Å². The minimum atomic E-state index is 0.287. The molecule has 1 amide bonds. The lowest BCUT2D eigenvalue weighted by molar-refractivity contribution is -0.127. The predicted molar refractivity (Wildman–Crippen MR) is 90.1 cm³/mol. The lowest BCUT2D eigenvalue weighted by Gasteiger charge is -2.15. The van der Waals surface area contributed by atoms with Crippen LogP contribution in [0.1, 0.15) is 46.5 Å². The van der Waals surface area contributed by atoms with E-state index in [1.807, 2.05) is 18.7 Å². The molecule has 0 unspecified atom stereocenters. The SMILES string of the molecule is CCNC(=NCCCN1CCCC1=O)NCCCOC(C)C. The third-order valence-corrected chi connectivity index (χ3v) is 3.44. The predicted octanol–water partition coefficient (Wildman–Crippen LogP) is 1.37. The lowest BCUT2D eigenvalue weighted by atomic mass is 10.4. The van der Waals surface area contributed by atoms with Gasteiger partial charge in [-0.15, -0.1) is 0 Å². The minimum absolute atomic E-state index is 0.287. The van der Waals surface area contributed by atoms with E-state index in [2.05, 4.69) is 22.5 Å². The molecular formula is C16H32N4O2. The maximum Gasteiger partial charge on any atom is 0.222 e. The van der Waals surface area contributed by atoms with E-state index in [0.29, 0.717) is 12.3 Å². The van der Waals surface area contributed by atoms with Gasteiger partial charge in [0.25, 0.3) is 0 Å². The van der Waals surface area contributed by atoms with Gasteiger partial charge < -0.3 is 20.3 Å². The highest BCUT2D eigenvalue weighted by atomic mass is 16.5. The summed E-state index contributed by atoms with van der Waals surface area (Å²) in [6.07, 6.45) is 3.88. The highest BCUT2D eigenvalue weighted by Crippen LogP contribution is 2.09. The molecule has 1 aliphatic heterocycles. The van der Waals surface area contributed by atoms with E-state index in [0.717, 1.165) is 64.6 Å². The van der Waals surface area contributed by atoms with E-state index < -0.39 is 0 Å². The molecule has 1 heterocycles. The Hall–Kier alpha value is -1.30. The van der Waals surface area contributed by atoms with Crippen molar-refractivity contribution in [3.63, 3.8) is 0 Å². The van der Waals surface area contributed by atoms with E-state index in [1.54, 1.807) is 0 Å². The Morgan fingerprint density at radius 1 is 1.36 bits per heavy atom. The van der Waals surface area contributed by atoms with Gasteiger partial charge in [-0.1, -0.05) is 0 Å². The molecule has 0 aromatic heterocycles. The van der Waals surface area contributed by atoms with Crippen LogP contribution in [-0.2, 0) is 9.53 Å². The number of nitrogens with zero attached hydrogens (tertiary/aromatic N) is 2. The first-order valence-corrected chi connectivity index (χ1v) is 8.55. The lowest BCUT2D eigenvalue weighted by Crippen LogP contribution is -2.38. The Morgan fingerprint density at radius 2 is 2.18 bits per heavy atom. The van der Waals surface area contributed by atoms with Crippen molar-refractivity contribution in [1.29, 1.82) is 0 Å². The molecule has 0 aliphatic carbocycles. The molecule has 0 radical (unpaired) electrons. The number of amides is 1. The number of hydrogen-bond acceptors (Lipinski definition) is 3. The fraction of sp³-hybridized carbons (Fsp3) is 0.875. The summed E-state index contributed by atoms with van der Waals surface area (Å²) in [4.78, 5) is 18.0. The zero-order valence-electron chi connectivity index (χ0n) is 14.4. The molecule has 2 N–H and O–H groups in total. The summed E-state index contributed by atoms with van der Waals surface area (Å²) in [5.74, 6) is 1.14. The molecule has 0 saturated carbocycles. The second-order valence-electron chi connectivity index (χ2n) is 5.80. The molecule has 6 heteroatoms. The van der Waals surface area contributed by atoms with Crippen molar-refractivity contribution in [3.05, 3.63) is 0 Å². The van der Waals surface area contributed by atoms with Gasteiger partial charge in [0.05, 0.1) is 6.10 Å². The monoisotopic (exact) mass is 312 g/mol. The molecule has 1 aliphatic rings. The molecule has 0 bridgehead atoms. The maximum absolute atomic E-state index is 11.5. The van der Waals surface area contributed by atoms with Crippen LogP contribution in [0.4, 0.5) is 0 Å². The molecule has 0 atom stereocenters. The summed E-state index contributed by atoms with van der Waals surface area (Å²) >= 11 is 0. The van der Waals surface area contributed by atoms with Gasteiger partial charge in [0.1, 0.15) is 0 Å². The van der Waals surface area contributed by atoms with Crippen molar-refractivity contribution in [3.8, 4) is 0 Å². The summed E-state index contributed by atoms with van der Waals surface area (Å²) in [5.41, 5.74) is 0. The Labute approximate surface area is 134 Å². The number of likely N-dealkylation sites (tertiary alicyclic amines) is 1. The van der Waals surface area contributed by atoms with Gasteiger partial charge in [0.15, 0.2) is 5.96 Å². The third kappa shape index (κ3) is 8.22. The summed E-state index contributed by atoms with van der Waals surface area (Å²) in [6.45, 7) is 11.1. The molecule has 1 fully saturated rings. The van der Waals surface area contributed by atoms with E-state index in [4.69, 9.17) is 4.74 Å². The van der Waals surface area contributed by atoms with Crippen LogP contribution >= 0.6 is 0 Å². The molecule has 0 spiro atoms. The quantitative estimate of drug-likeness (QED) is 0.363. The standard InChI is InChI=1S/C16H32N4O2/c1-4-17-16(19-10-7-13-22-14(2)3)18-9-6-12-20-11-5-8-15(20)21/h14H,4-13H2,1-3H3,(H2,17,18,19). The van der Waals surface area contributed by atoms with Crippen LogP contribution in [0.3, 0.4) is 0 Å². The first-order chi connectivity index (χ1) is 10.6. The smallest absolute Gasteiger partial charge is 0.222 e. The summed E-state index contributed by atoms with van der Waals surface area (Å²) in [7, 11) is 0. The number of carbonyl (C=O) groups is 1. The molecule has 0 aromatic rings. The van der Waals surface area contributed by atoms with Crippen LogP contribution in [0.5, 0.6) is 0 Å². The summed E-state index contributed by atoms with van der Waals surface area (Å²) < 4.78 is 5.51. The van der Waals surface area contributed by atoms with E-state index >= 15 is 0 Å². The van der Waals surface area contributed by atoms with Gasteiger partial charge in [-0.3, -0.25) is 9.79 Å². The number of guanidine groups is 1. The Bertz CT molecular complexity index is 345. The first kappa shape index (κ1) is 18.7. The molecule has 128 valence electrons. The summed E-state index contributed by atoms with van der Waals surface area (Å²) in [6, 6.07) is 0. The van der Waals surface area contributed by atoms with Crippen molar-refractivity contribution in [2.45, 2.75) is 52.6 Å². The number of hydrogen-bond donors (Lipinski definition) is 2. The van der Waals surface area contributed by atoms with Crippen LogP contribution < -0.4 is 10.6 Å². The molecule has 6 nitrogen and oxygen atoms in total. The second kappa shape index (κ2) is 11.3. The number of ether oxygens (including phenoxy) is 1. The van der Waals surface area contributed by atoms with Gasteiger partial charge in [-0.05, 0) is 40.0 Å². The van der Waals surface area contributed by atoms with Gasteiger partial charge in [-0.2, -0.15) is 0 Å². The second-order valence-corrected chi connectivity index (χ2v) is 5.80. The Kier molecular flexibility index (Phi) is 9.62. The minimum Gasteiger partial charge on any atom is -0.379 e. The highest BCUT2D eigenvalue weighted by Gasteiger charge is 2.18. The van der Waals surface area contributed by atoms with Crippen LogP contribution in [-0.4, -0.2) is 62.2 Å². The highest BCUT2D eigenvalue weighted by molar-refractivity contribution is 5.79.